The quantitative estimate of drug-likeness (QED) is 0.683. The number of benzene rings is 1. The molecular formula is C9H8BNO2S. The first-order valence-corrected chi connectivity index (χ1v) is 5.95. The summed E-state index contributed by atoms with van der Waals surface area (Å²) in [5.41, 5.74) is 0.856. The lowest BCUT2D eigenvalue weighted by Gasteiger charge is -2.05. The molecule has 3 nitrogen and oxygen atoms in total. The molecule has 0 atom stereocenters. The molecule has 0 fully saturated rings. The Morgan fingerprint density at radius 2 is 2.00 bits per heavy atom. The zero-order valence-corrected chi connectivity index (χ0v) is 8.43. The summed E-state index contributed by atoms with van der Waals surface area (Å²) in [5, 5.41) is 0.847. The van der Waals surface area contributed by atoms with Gasteiger partial charge in [0.05, 0.1) is 10.4 Å². The maximum Gasteiger partial charge on any atom is 0.177 e. The van der Waals surface area contributed by atoms with Gasteiger partial charge in [-0.3, -0.25) is 0 Å². The second-order valence-electron chi connectivity index (χ2n) is 3.20. The molecule has 0 aliphatic carbocycles. The van der Waals surface area contributed by atoms with Crippen molar-refractivity contribution in [3.8, 4) is 0 Å². The summed E-state index contributed by atoms with van der Waals surface area (Å²) in [4.78, 5) is 3.06. The molecule has 0 aliphatic heterocycles. The fourth-order valence-corrected chi connectivity index (χ4v) is 2.56. The van der Waals surface area contributed by atoms with Crippen LogP contribution >= 0.6 is 0 Å². The number of aromatic amines is 1. The predicted molar refractivity (Wildman–Crippen MR) is 56.8 cm³/mol. The Kier molecular flexibility index (Phi) is 1.92. The van der Waals surface area contributed by atoms with Crippen molar-refractivity contribution in [3.05, 3.63) is 24.4 Å². The number of H-pyrrole nitrogens is 1. The number of hydrogen-bond donors (Lipinski definition) is 1. The van der Waals surface area contributed by atoms with Gasteiger partial charge in [-0.25, -0.2) is 8.42 Å². The van der Waals surface area contributed by atoms with Crippen LogP contribution in [0.4, 0.5) is 0 Å². The number of rotatable bonds is 1. The third-order valence-corrected chi connectivity index (χ3v) is 3.26. The van der Waals surface area contributed by atoms with Gasteiger partial charge in [0.2, 0.25) is 0 Å². The van der Waals surface area contributed by atoms with E-state index in [0.717, 1.165) is 11.6 Å². The van der Waals surface area contributed by atoms with Gasteiger partial charge in [-0.2, -0.15) is 0 Å². The molecule has 1 N–H and O–H groups in total. The van der Waals surface area contributed by atoms with E-state index in [2.05, 4.69) is 4.98 Å². The third-order valence-electron chi connectivity index (χ3n) is 2.08. The minimum absolute atomic E-state index is 0.181. The van der Waals surface area contributed by atoms with Crippen LogP contribution in [0.3, 0.4) is 0 Å². The van der Waals surface area contributed by atoms with Gasteiger partial charge < -0.3 is 4.98 Å². The van der Waals surface area contributed by atoms with E-state index in [4.69, 9.17) is 7.85 Å². The van der Waals surface area contributed by atoms with Crippen molar-refractivity contribution in [2.24, 2.45) is 0 Å². The number of sulfone groups is 1. The van der Waals surface area contributed by atoms with Crippen LogP contribution in [0.25, 0.3) is 10.9 Å². The van der Waals surface area contributed by atoms with Gasteiger partial charge in [0, 0.05) is 17.8 Å². The summed E-state index contributed by atoms with van der Waals surface area (Å²) in [7, 11) is 2.35. The van der Waals surface area contributed by atoms with Crippen LogP contribution in [0.1, 0.15) is 0 Å². The predicted octanol–water partition coefficient (Wildman–Crippen LogP) is 0.365. The average molecular weight is 205 g/mol. The van der Waals surface area contributed by atoms with Crippen LogP contribution in [0.2, 0.25) is 0 Å². The summed E-state index contributed by atoms with van der Waals surface area (Å²) < 4.78 is 22.9. The molecule has 1 aromatic carbocycles. The summed E-state index contributed by atoms with van der Waals surface area (Å²) in [6, 6.07) is 5.20. The lowest BCUT2D eigenvalue weighted by Crippen LogP contribution is -2.15. The number of fused-ring (bicyclic) bond motifs is 1. The van der Waals surface area contributed by atoms with E-state index >= 15 is 0 Å². The molecule has 70 valence electrons. The molecule has 2 rings (SSSR count). The van der Waals surface area contributed by atoms with Crippen LogP contribution in [-0.2, 0) is 9.84 Å². The van der Waals surface area contributed by atoms with Crippen molar-refractivity contribution >= 4 is 34.0 Å². The smallest absolute Gasteiger partial charge is 0.177 e. The summed E-state index contributed by atoms with van der Waals surface area (Å²) >= 11 is 0. The van der Waals surface area contributed by atoms with Crippen molar-refractivity contribution in [1.82, 2.24) is 4.98 Å². The largest absolute Gasteiger partial charge is 0.360 e. The summed E-state index contributed by atoms with van der Waals surface area (Å²) in [6.45, 7) is 0. The van der Waals surface area contributed by atoms with Crippen molar-refractivity contribution in [2.75, 3.05) is 6.26 Å². The topological polar surface area (TPSA) is 49.9 Å². The highest BCUT2D eigenvalue weighted by Gasteiger charge is 2.14. The highest BCUT2D eigenvalue weighted by Crippen LogP contribution is 2.18. The molecule has 2 aromatic rings. The molecule has 0 unspecified atom stereocenters. The Hall–Kier alpha value is -1.23. The van der Waals surface area contributed by atoms with Crippen LogP contribution in [0.15, 0.2) is 29.3 Å². The molecule has 0 saturated carbocycles. The first kappa shape index (κ1) is 9.33. The van der Waals surface area contributed by atoms with Gasteiger partial charge in [-0.15, -0.1) is 0 Å². The zero-order chi connectivity index (χ0) is 10.3. The van der Waals surface area contributed by atoms with E-state index in [9.17, 15) is 8.42 Å². The molecule has 1 heterocycles. The lowest BCUT2D eigenvalue weighted by molar-refractivity contribution is 0.603. The van der Waals surface area contributed by atoms with Crippen LogP contribution in [0.5, 0.6) is 0 Å². The Labute approximate surface area is 83.5 Å². The van der Waals surface area contributed by atoms with Gasteiger partial charge in [-0.05, 0) is 6.07 Å². The summed E-state index contributed by atoms with van der Waals surface area (Å²) in [5.74, 6) is 0. The first-order valence-electron chi connectivity index (χ1n) is 4.06. The van der Waals surface area contributed by atoms with Crippen molar-refractivity contribution in [2.45, 2.75) is 4.90 Å². The van der Waals surface area contributed by atoms with Crippen LogP contribution < -0.4 is 5.46 Å². The standard InChI is InChI=1S/C9H8BNO2S/c1-14(12,13)9-7(10)3-2-6-4-5-11-8(6)9/h2-5,11H,1H3. The highest BCUT2D eigenvalue weighted by atomic mass is 32.2. The normalized spacial score (nSPS) is 12.1. The molecule has 14 heavy (non-hydrogen) atoms. The van der Waals surface area contributed by atoms with Gasteiger partial charge >= 0.3 is 0 Å². The van der Waals surface area contributed by atoms with Gasteiger partial charge in [-0.1, -0.05) is 17.6 Å². The monoisotopic (exact) mass is 205 g/mol. The molecule has 2 radical (unpaired) electrons. The lowest BCUT2D eigenvalue weighted by atomic mass is 9.95. The SMILES string of the molecule is [B]c1ccc2cc[nH]c2c1S(C)(=O)=O. The molecule has 0 saturated heterocycles. The maximum absolute atomic E-state index is 11.5. The van der Waals surface area contributed by atoms with Gasteiger partial charge in [0.25, 0.3) is 0 Å². The van der Waals surface area contributed by atoms with Crippen molar-refractivity contribution in [1.29, 1.82) is 0 Å². The highest BCUT2D eigenvalue weighted by molar-refractivity contribution is 7.91. The fraction of sp³-hybridized carbons (Fsp3) is 0.111. The molecule has 0 spiro atoms. The Bertz CT molecular complexity index is 586. The number of aromatic nitrogens is 1. The van der Waals surface area contributed by atoms with E-state index in [1.807, 2.05) is 6.07 Å². The van der Waals surface area contributed by atoms with Crippen LogP contribution in [-0.4, -0.2) is 27.5 Å². The molecule has 0 aliphatic rings. The minimum Gasteiger partial charge on any atom is -0.360 e. The van der Waals surface area contributed by atoms with Crippen LogP contribution in [0, 0.1) is 0 Å². The maximum atomic E-state index is 11.5. The van der Waals surface area contributed by atoms with E-state index in [0.29, 0.717) is 5.52 Å². The van der Waals surface area contributed by atoms with Crippen molar-refractivity contribution in [3.63, 3.8) is 0 Å². The molecule has 5 heteroatoms. The Balaban J connectivity index is 2.98. The molecular weight excluding hydrogens is 197 g/mol. The second kappa shape index (κ2) is 2.88. The Morgan fingerprint density at radius 1 is 1.29 bits per heavy atom. The Morgan fingerprint density at radius 3 is 2.64 bits per heavy atom. The average Bonchev–Trinajstić information content (AvgIpc) is 2.48. The molecule has 1 aromatic heterocycles. The van der Waals surface area contributed by atoms with Gasteiger partial charge in [0.1, 0.15) is 7.85 Å². The molecule has 0 bridgehead atoms. The van der Waals surface area contributed by atoms with Gasteiger partial charge in [0.15, 0.2) is 9.84 Å². The van der Waals surface area contributed by atoms with E-state index in [1.54, 1.807) is 18.3 Å². The van der Waals surface area contributed by atoms with E-state index in [1.165, 1.54) is 0 Å². The molecule has 0 amide bonds. The van der Waals surface area contributed by atoms with E-state index in [-0.39, 0.29) is 10.4 Å². The zero-order valence-electron chi connectivity index (χ0n) is 7.61. The number of hydrogen-bond acceptors (Lipinski definition) is 2. The number of nitrogens with one attached hydrogen (secondary N) is 1. The third kappa shape index (κ3) is 1.33. The van der Waals surface area contributed by atoms with E-state index < -0.39 is 9.84 Å². The second-order valence-corrected chi connectivity index (χ2v) is 5.15. The first-order chi connectivity index (χ1) is 6.50. The minimum atomic E-state index is -3.29. The fourth-order valence-electron chi connectivity index (χ4n) is 1.52. The summed E-state index contributed by atoms with van der Waals surface area (Å²) in [6.07, 6.45) is 2.84. The van der Waals surface area contributed by atoms with Crippen molar-refractivity contribution < 1.29 is 8.42 Å².